The maximum atomic E-state index is 14.0. The highest BCUT2D eigenvalue weighted by atomic mass is 32.2. The van der Waals surface area contributed by atoms with E-state index in [1.807, 2.05) is 30.9 Å². The Labute approximate surface area is 243 Å². The molecule has 2 aliphatic rings. The summed E-state index contributed by atoms with van der Waals surface area (Å²) in [4.78, 5) is 4.30. The smallest absolute Gasteiger partial charge is 0.283 e. The number of ether oxygens (including phenoxy) is 1. The second-order valence-electron chi connectivity index (χ2n) is 10.5. The van der Waals surface area contributed by atoms with Crippen molar-refractivity contribution in [1.29, 1.82) is 0 Å². The lowest BCUT2D eigenvalue weighted by molar-refractivity contribution is 0.271. The molecule has 2 heterocycles. The fourth-order valence-corrected chi connectivity index (χ4v) is 7.91. The number of benzene rings is 3. The number of methoxy groups -OCH3 is 1. The lowest BCUT2D eigenvalue weighted by Crippen LogP contribution is -2.42. The summed E-state index contributed by atoms with van der Waals surface area (Å²) in [7, 11) is -6.40. The second-order valence-corrected chi connectivity index (χ2v) is 14.0. The molecule has 41 heavy (non-hydrogen) atoms. The summed E-state index contributed by atoms with van der Waals surface area (Å²) in [6, 6.07) is 20.6. The van der Waals surface area contributed by atoms with Gasteiger partial charge in [0.2, 0.25) is 10.0 Å². The van der Waals surface area contributed by atoms with Crippen LogP contribution in [0.25, 0.3) is 0 Å². The van der Waals surface area contributed by atoms with Crippen molar-refractivity contribution in [3.05, 3.63) is 89.5 Å². The van der Waals surface area contributed by atoms with Gasteiger partial charge in [0.25, 0.3) is 10.0 Å². The van der Waals surface area contributed by atoms with Crippen LogP contribution in [-0.4, -0.2) is 76.6 Å². The molecule has 2 fully saturated rings. The van der Waals surface area contributed by atoms with Gasteiger partial charge in [0, 0.05) is 13.1 Å². The standard InChI is InChI=1S/C30H36N4O5S2/c1-23-6-14-27(15-7-23)40(35,36)31-29(22-32-18-4-5-19-32)33-20-21-34(30(33)25-10-12-26(39-3)13-11-25)41(37,38)28-16-8-24(2)9-17-28/h6-17,30H,4-5,18-22H2,1-3H3. The van der Waals surface area contributed by atoms with E-state index in [1.165, 1.54) is 4.31 Å². The van der Waals surface area contributed by atoms with Gasteiger partial charge in [-0.3, -0.25) is 4.90 Å². The number of sulfonamides is 2. The normalized spacial score (nSPS) is 19.1. The molecule has 5 rings (SSSR count). The first-order valence-corrected chi connectivity index (χ1v) is 16.6. The van der Waals surface area contributed by atoms with Gasteiger partial charge in [-0.05, 0) is 81.7 Å². The molecule has 0 spiro atoms. The summed E-state index contributed by atoms with van der Waals surface area (Å²) in [5, 5.41) is 0. The predicted molar refractivity (Wildman–Crippen MR) is 159 cm³/mol. The highest BCUT2D eigenvalue weighted by molar-refractivity contribution is 7.90. The lowest BCUT2D eigenvalue weighted by Gasteiger charge is -2.33. The number of likely N-dealkylation sites (tertiary alicyclic amines) is 1. The van der Waals surface area contributed by atoms with Crippen molar-refractivity contribution in [2.75, 3.05) is 39.8 Å². The third kappa shape index (κ3) is 6.33. The maximum Gasteiger partial charge on any atom is 0.283 e. The molecule has 0 aliphatic carbocycles. The Kier molecular flexibility index (Phi) is 8.51. The summed E-state index contributed by atoms with van der Waals surface area (Å²) in [5.74, 6) is 0.967. The zero-order chi connectivity index (χ0) is 29.2. The summed E-state index contributed by atoms with van der Waals surface area (Å²) in [5.41, 5.74) is 2.60. The topological polar surface area (TPSA) is 99.6 Å². The van der Waals surface area contributed by atoms with Crippen LogP contribution < -0.4 is 4.74 Å². The molecule has 2 aliphatic heterocycles. The van der Waals surface area contributed by atoms with E-state index in [9.17, 15) is 16.8 Å². The van der Waals surface area contributed by atoms with E-state index in [0.29, 0.717) is 23.7 Å². The number of nitrogens with zero attached hydrogens (tertiary/aromatic N) is 4. The van der Waals surface area contributed by atoms with Gasteiger partial charge < -0.3 is 9.64 Å². The van der Waals surface area contributed by atoms with Crippen LogP contribution in [0.2, 0.25) is 0 Å². The lowest BCUT2D eigenvalue weighted by atomic mass is 10.1. The van der Waals surface area contributed by atoms with E-state index >= 15 is 0 Å². The molecule has 0 bridgehead atoms. The molecule has 9 nitrogen and oxygen atoms in total. The molecular formula is C30H36N4O5S2. The Balaban J connectivity index is 1.61. The zero-order valence-electron chi connectivity index (χ0n) is 23.6. The molecule has 0 radical (unpaired) electrons. The van der Waals surface area contributed by atoms with Crippen LogP contribution in [0.5, 0.6) is 5.75 Å². The SMILES string of the molecule is COc1ccc(C2N(C(CN3CCCC3)=NS(=O)(=O)c3ccc(C)cc3)CCN2S(=O)(=O)c2ccc(C)cc2)cc1. The van der Waals surface area contributed by atoms with Crippen LogP contribution in [0, 0.1) is 13.8 Å². The molecule has 0 aromatic heterocycles. The van der Waals surface area contributed by atoms with Crippen molar-refractivity contribution >= 4 is 25.9 Å². The quantitative estimate of drug-likeness (QED) is 0.284. The molecule has 2 saturated heterocycles. The number of rotatable bonds is 8. The Morgan fingerprint density at radius 2 is 1.34 bits per heavy atom. The maximum absolute atomic E-state index is 14.0. The average Bonchev–Trinajstić information content (AvgIpc) is 3.64. The van der Waals surface area contributed by atoms with Crippen LogP contribution in [0.4, 0.5) is 0 Å². The van der Waals surface area contributed by atoms with E-state index in [0.717, 1.165) is 37.1 Å². The Morgan fingerprint density at radius 1 is 0.780 bits per heavy atom. The van der Waals surface area contributed by atoms with Gasteiger partial charge in [-0.1, -0.05) is 47.5 Å². The monoisotopic (exact) mass is 596 g/mol. The van der Waals surface area contributed by atoms with Crippen LogP contribution in [0.15, 0.2) is 87.0 Å². The summed E-state index contributed by atoms with van der Waals surface area (Å²) in [6.45, 7) is 6.23. The average molecular weight is 597 g/mol. The Bertz CT molecular complexity index is 1600. The molecule has 218 valence electrons. The zero-order valence-corrected chi connectivity index (χ0v) is 25.2. The van der Waals surface area contributed by atoms with E-state index in [-0.39, 0.29) is 22.9 Å². The van der Waals surface area contributed by atoms with E-state index in [1.54, 1.807) is 67.8 Å². The minimum absolute atomic E-state index is 0.103. The van der Waals surface area contributed by atoms with Crippen molar-refractivity contribution < 1.29 is 21.6 Å². The second kappa shape index (κ2) is 11.9. The van der Waals surface area contributed by atoms with E-state index < -0.39 is 26.2 Å². The number of aryl methyl sites for hydroxylation is 2. The molecule has 1 atom stereocenters. The molecule has 3 aromatic rings. The molecular weight excluding hydrogens is 560 g/mol. The molecule has 0 N–H and O–H groups in total. The minimum atomic E-state index is -4.05. The first-order valence-electron chi connectivity index (χ1n) is 13.7. The van der Waals surface area contributed by atoms with Crippen molar-refractivity contribution in [3.63, 3.8) is 0 Å². The summed E-state index contributed by atoms with van der Waals surface area (Å²) < 4.78 is 66.3. The number of hydrogen-bond donors (Lipinski definition) is 0. The van der Waals surface area contributed by atoms with Gasteiger partial charge in [-0.2, -0.15) is 12.7 Å². The molecule has 3 aromatic carbocycles. The number of hydrogen-bond acceptors (Lipinski definition) is 6. The van der Waals surface area contributed by atoms with Crippen LogP contribution >= 0.6 is 0 Å². The van der Waals surface area contributed by atoms with Crippen LogP contribution in [-0.2, 0) is 20.0 Å². The first-order chi connectivity index (χ1) is 19.6. The van der Waals surface area contributed by atoms with Gasteiger partial charge in [-0.25, -0.2) is 8.42 Å². The van der Waals surface area contributed by atoms with E-state index in [4.69, 9.17) is 4.74 Å². The van der Waals surface area contributed by atoms with Crippen molar-refractivity contribution in [1.82, 2.24) is 14.1 Å². The fraction of sp³-hybridized carbons (Fsp3) is 0.367. The highest BCUT2D eigenvalue weighted by Crippen LogP contribution is 2.36. The van der Waals surface area contributed by atoms with E-state index in [2.05, 4.69) is 9.30 Å². The fourth-order valence-electron chi connectivity index (χ4n) is 5.31. The van der Waals surface area contributed by atoms with Gasteiger partial charge in [0.1, 0.15) is 17.8 Å². The Morgan fingerprint density at radius 3 is 1.90 bits per heavy atom. The van der Waals surface area contributed by atoms with Gasteiger partial charge in [0.15, 0.2) is 0 Å². The largest absolute Gasteiger partial charge is 0.497 e. The van der Waals surface area contributed by atoms with Crippen molar-refractivity contribution in [2.24, 2.45) is 4.40 Å². The highest BCUT2D eigenvalue weighted by Gasteiger charge is 2.43. The summed E-state index contributed by atoms with van der Waals surface area (Å²) in [6.07, 6.45) is 1.25. The van der Waals surface area contributed by atoms with Gasteiger partial charge >= 0.3 is 0 Å². The molecule has 0 amide bonds. The minimum Gasteiger partial charge on any atom is -0.497 e. The third-order valence-electron chi connectivity index (χ3n) is 7.61. The third-order valence-corrected chi connectivity index (χ3v) is 10.8. The first kappa shape index (κ1) is 29.2. The van der Waals surface area contributed by atoms with Gasteiger partial charge in [-0.15, -0.1) is 4.40 Å². The summed E-state index contributed by atoms with van der Waals surface area (Å²) >= 11 is 0. The molecule has 11 heteroatoms. The van der Waals surface area contributed by atoms with Crippen LogP contribution in [0.1, 0.15) is 35.7 Å². The molecule has 1 unspecified atom stereocenters. The Hall–Kier alpha value is -3.25. The van der Waals surface area contributed by atoms with Crippen molar-refractivity contribution in [3.8, 4) is 5.75 Å². The van der Waals surface area contributed by atoms with Crippen LogP contribution in [0.3, 0.4) is 0 Å². The molecule has 0 saturated carbocycles. The van der Waals surface area contributed by atoms with Crippen molar-refractivity contribution in [2.45, 2.75) is 42.6 Å². The predicted octanol–water partition coefficient (Wildman–Crippen LogP) is 4.20. The number of amidine groups is 1. The van der Waals surface area contributed by atoms with Gasteiger partial charge in [0.05, 0.1) is 23.4 Å².